The van der Waals surface area contributed by atoms with Gasteiger partial charge in [0.1, 0.15) is 5.75 Å². The van der Waals surface area contributed by atoms with E-state index in [2.05, 4.69) is 6.58 Å². The Bertz CT molecular complexity index is 490. The summed E-state index contributed by atoms with van der Waals surface area (Å²) in [7, 11) is 0. The van der Waals surface area contributed by atoms with Crippen LogP contribution in [0.3, 0.4) is 0 Å². The second kappa shape index (κ2) is 10.2. The molecule has 0 fully saturated rings. The predicted molar refractivity (Wildman–Crippen MR) is 79.9 cm³/mol. The molecule has 106 valence electrons. The molecule has 0 aliphatic carbocycles. The van der Waals surface area contributed by atoms with Crippen LogP contribution in [0.4, 0.5) is 4.79 Å². The van der Waals surface area contributed by atoms with Crippen molar-refractivity contribution in [3.8, 4) is 5.75 Å². The maximum Gasteiger partial charge on any atom is 0.503 e. The second-order valence-corrected chi connectivity index (χ2v) is 3.73. The van der Waals surface area contributed by atoms with Gasteiger partial charge in [-0.1, -0.05) is 61.2 Å². The highest BCUT2D eigenvalue weighted by molar-refractivity contribution is 5.66. The van der Waals surface area contributed by atoms with Crippen molar-refractivity contribution >= 4 is 11.7 Å². The zero-order valence-corrected chi connectivity index (χ0v) is 11.2. The molecule has 0 aliphatic heterocycles. The molecule has 2 aromatic rings. The van der Waals surface area contributed by atoms with Crippen molar-refractivity contribution in [2.75, 3.05) is 0 Å². The average Bonchev–Trinajstić information content (AvgIpc) is 2.41. The third-order valence-corrected chi connectivity index (χ3v) is 2.03. The summed E-state index contributed by atoms with van der Waals surface area (Å²) in [5, 5.41) is 23.2. The van der Waals surface area contributed by atoms with Crippen LogP contribution < -0.4 is 0 Å². The fourth-order valence-electron chi connectivity index (χ4n) is 1.22. The van der Waals surface area contributed by atoms with Crippen LogP contribution in [-0.4, -0.2) is 21.5 Å². The van der Waals surface area contributed by atoms with E-state index in [9.17, 15) is 5.11 Å². The first kappa shape index (κ1) is 17.2. The van der Waals surface area contributed by atoms with E-state index in [1.54, 1.807) is 12.1 Å². The van der Waals surface area contributed by atoms with Gasteiger partial charge < -0.3 is 15.3 Å². The molecular weight excluding hydrogens is 256 g/mol. The number of carbonyl (C=O) groups is 1. The van der Waals surface area contributed by atoms with Crippen molar-refractivity contribution in [3.63, 3.8) is 0 Å². The summed E-state index contributed by atoms with van der Waals surface area (Å²) in [5.41, 5.74) is 1.71. The van der Waals surface area contributed by atoms with Gasteiger partial charge in [0.25, 0.3) is 0 Å². The lowest BCUT2D eigenvalue weighted by molar-refractivity contribution is 0.137. The molecule has 0 spiro atoms. The Labute approximate surface area is 118 Å². The van der Waals surface area contributed by atoms with Gasteiger partial charge in [-0.3, -0.25) is 0 Å². The molecule has 3 N–H and O–H groups in total. The fraction of sp³-hybridized carbons (Fsp3) is 0.0625. The van der Waals surface area contributed by atoms with Crippen LogP contribution in [-0.2, 0) is 0 Å². The number of rotatable bonds is 1. The molecule has 4 heteroatoms. The van der Waals surface area contributed by atoms with E-state index in [-0.39, 0.29) is 0 Å². The number of benzene rings is 2. The number of allylic oxidation sites excluding steroid dienone is 1. The van der Waals surface area contributed by atoms with Crippen LogP contribution in [0.1, 0.15) is 12.5 Å². The Morgan fingerprint density at radius 1 is 0.900 bits per heavy atom. The Morgan fingerprint density at radius 2 is 1.25 bits per heavy atom. The molecule has 0 aliphatic rings. The summed E-state index contributed by atoms with van der Waals surface area (Å²) in [5.74, 6) is 0.301. The number of phenolic OH excluding ortho intramolecular Hbond substituents is 1. The highest BCUT2D eigenvalue weighted by Crippen LogP contribution is 2.21. The van der Waals surface area contributed by atoms with Gasteiger partial charge in [-0.15, -0.1) is 0 Å². The van der Waals surface area contributed by atoms with Crippen molar-refractivity contribution in [3.05, 3.63) is 72.8 Å². The lowest BCUT2D eigenvalue weighted by Gasteiger charge is -2.00. The molecule has 0 aromatic heterocycles. The monoisotopic (exact) mass is 274 g/mol. The van der Waals surface area contributed by atoms with Gasteiger partial charge in [0.05, 0.1) is 0 Å². The van der Waals surface area contributed by atoms with Gasteiger partial charge in [0.2, 0.25) is 0 Å². The summed E-state index contributed by atoms with van der Waals surface area (Å²) in [6.45, 7) is 5.60. The molecule has 4 nitrogen and oxygen atoms in total. The van der Waals surface area contributed by atoms with Crippen LogP contribution >= 0.6 is 0 Å². The van der Waals surface area contributed by atoms with Crippen LogP contribution in [0.15, 0.2) is 67.2 Å². The highest BCUT2D eigenvalue weighted by atomic mass is 16.6. The Hall–Kier alpha value is -2.75. The van der Waals surface area contributed by atoms with Crippen molar-refractivity contribution in [1.82, 2.24) is 0 Å². The number of hydrogen-bond donors (Lipinski definition) is 3. The van der Waals surface area contributed by atoms with E-state index < -0.39 is 6.16 Å². The molecule has 0 radical (unpaired) electrons. The van der Waals surface area contributed by atoms with E-state index in [0.717, 1.165) is 11.1 Å². The lowest BCUT2D eigenvalue weighted by atomic mass is 10.1. The van der Waals surface area contributed by atoms with E-state index in [4.69, 9.17) is 15.0 Å². The first-order valence-corrected chi connectivity index (χ1v) is 5.81. The molecule has 0 amide bonds. The van der Waals surface area contributed by atoms with Gasteiger partial charge in [-0.2, -0.15) is 0 Å². The summed E-state index contributed by atoms with van der Waals surface area (Å²) < 4.78 is 0. The Kier molecular flexibility index (Phi) is 8.80. The summed E-state index contributed by atoms with van der Waals surface area (Å²) >= 11 is 0. The van der Waals surface area contributed by atoms with Crippen molar-refractivity contribution in [1.29, 1.82) is 0 Å². The molecule has 0 saturated carbocycles. The summed E-state index contributed by atoms with van der Waals surface area (Å²) in [6, 6.07) is 19.2. The van der Waals surface area contributed by atoms with Gasteiger partial charge in [-0.25, -0.2) is 4.79 Å². The zero-order chi connectivity index (χ0) is 15.4. The molecule has 0 bridgehead atoms. The normalized spacial score (nSPS) is 8.25. The predicted octanol–water partition coefficient (Wildman–Crippen LogP) is 4.33. The van der Waals surface area contributed by atoms with Crippen LogP contribution in [0, 0.1) is 0 Å². The van der Waals surface area contributed by atoms with Gasteiger partial charge in [0, 0.05) is 5.56 Å². The highest BCUT2D eigenvalue weighted by Gasteiger charge is 1.96. The van der Waals surface area contributed by atoms with Crippen molar-refractivity contribution in [2.24, 2.45) is 0 Å². The molecule has 0 saturated heterocycles. The third-order valence-electron chi connectivity index (χ3n) is 2.03. The molecular formula is C16H18O4. The Morgan fingerprint density at radius 3 is 1.50 bits per heavy atom. The number of aromatic hydroxyl groups is 1. The van der Waals surface area contributed by atoms with E-state index >= 15 is 0 Å². The maximum atomic E-state index is 9.22. The number of para-hydroxylation sites is 1. The Balaban J connectivity index is 0.000000307. The van der Waals surface area contributed by atoms with Crippen LogP contribution in [0.5, 0.6) is 5.75 Å². The third kappa shape index (κ3) is 9.30. The summed E-state index contributed by atoms with van der Waals surface area (Å²) in [4.78, 5) is 8.56. The smallest absolute Gasteiger partial charge is 0.503 e. The van der Waals surface area contributed by atoms with Crippen LogP contribution in [0.2, 0.25) is 0 Å². The van der Waals surface area contributed by atoms with Gasteiger partial charge >= 0.3 is 6.16 Å². The fourth-order valence-corrected chi connectivity index (χ4v) is 1.22. The minimum Gasteiger partial charge on any atom is -0.507 e. The average molecular weight is 274 g/mol. The molecule has 20 heavy (non-hydrogen) atoms. The van der Waals surface area contributed by atoms with E-state index in [0.29, 0.717) is 5.75 Å². The zero-order valence-electron chi connectivity index (χ0n) is 11.2. The van der Waals surface area contributed by atoms with Gasteiger partial charge in [0.15, 0.2) is 0 Å². The van der Waals surface area contributed by atoms with E-state index in [1.165, 1.54) is 0 Å². The SMILES string of the molecule is C=C(C)c1ccccc1O.O=C(O)O.c1ccccc1. The molecule has 2 aromatic carbocycles. The molecule has 0 unspecified atom stereocenters. The second-order valence-electron chi connectivity index (χ2n) is 3.73. The number of hydrogen-bond acceptors (Lipinski definition) is 2. The van der Waals surface area contributed by atoms with Crippen LogP contribution in [0.25, 0.3) is 5.57 Å². The standard InChI is InChI=1S/C9H10O.C6H6.CH2O3/c1-7(2)8-5-3-4-6-9(8)10;1-2-4-6-5-3-1;2-1(3)4/h3-6,10H,1H2,2H3;1-6H;(H2,2,3,4). The topological polar surface area (TPSA) is 77.8 Å². The molecule has 2 rings (SSSR count). The molecule has 0 atom stereocenters. The minimum atomic E-state index is -1.83. The van der Waals surface area contributed by atoms with Crippen molar-refractivity contribution < 1.29 is 20.1 Å². The first-order chi connectivity index (χ1) is 9.45. The summed E-state index contributed by atoms with van der Waals surface area (Å²) in [6.07, 6.45) is -1.83. The molecule has 0 heterocycles. The lowest BCUT2D eigenvalue weighted by Crippen LogP contribution is -1.81. The first-order valence-electron chi connectivity index (χ1n) is 5.81. The minimum absolute atomic E-state index is 0.301. The maximum absolute atomic E-state index is 9.22. The van der Waals surface area contributed by atoms with Gasteiger partial charge in [-0.05, 0) is 18.6 Å². The largest absolute Gasteiger partial charge is 0.507 e. The number of phenols is 1. The quantitative estimate of drug-likeness (QED) is 0.723. The van der Waals surface area contributed by atoms with Crippen molar-refractivity contribution in [2.45, 2.75) is 6.92 Å². The number of carboxylic acid groups (broad SMARTS) is 2. The van der Waals surface area contributed by atoms with E-state index in [1.807, 2.05) is 55.5 Å².